The summed E-state index contributed by atoms with van der Waals surface area (Å²) in [4.78, 5) is 18.5. The van der Waals surface area contributed by atoms with E-state index < -0.39 is 40.4 Å². The van der Waals surface area contributed by atoms with Gasteiger partial charge in [-0.1, -0.05) is 32.0 Å². The topological polar surface area (TPSA) is 78.0 Å². The number of halogens is 4. The van der Waals surface area contributed by atoms with Crippen molar-refractivity contribution in [2.45, 2.75) is 33.4 Å². The number of fused-ring (bicyclic) bond motifs is 1. The highest BCUT2D eigenvalue weighted by atomic mass is 19.2. The van der Waals surface area contributed by atoms with Gasteiger partial charge >= 0.3 is 5.97 Å². The lowest BCUT2D eigenvalue weighted by Gasteiger charge is -2.14. The van der Waals surface area contributed by atoms with Gasteiger partial charge in [0.2, 0.25) is 0 Å². The van der Waals surface area contributed by atoms with E-state index in [1.54, 1.807) is 19.1 Å². The average Bonchev–Trinajstić information content (AvgIpc) is 3.16. The Balaban J connectivity index is 1.89. The van der Waals surface area contributed by atoms with Crippen LogP contribution in [0.5, 0.6) is 0 Å². The van der Waals surface area contributed by atoms with Gasteiger partial charge in [-0.25, -0.2) is 27.3 Å². The zero-order valence-electron chi connectivity index (χ0n) is 18.6. The summed E-state index contributed by atoms with van der Waals surface area (Å²) < 4.78 is 60.7. The maximum atomic E-state index is 15.2. The third-order valence-corrected chi connectivity index (χ3v) is 5.42. The SMILES string of the molecule is Cc1nc2c(C(=O)O)cc(-c3c(F)c(F)c(-c4cccc(CNC(C)C)c4)c(F)c3F)cc2[nH]1. The highest BCUT2D eigenvalue weighted by Gasteiger charge is 2.28. The molecule has 0 aliphatic rings. The van der Waals surface area contributed by atoms with Crippen molar-refractivity contribution in [1.29, 1.82) is 0 Å². The lowest BCUT2D eigenvalue weighted by atomic mass is 9.95. The van der Waals surface area contributed by atoms with Crippen molar-refractivity contribution in [2.75, 3.05) is 0 Å². The Labute approximate surface area is 192 Å². The lowest BCUT2D eigenvalue weighted by molar-refractivity contribution is 0.0699. The van der Waals surface area contributed by atoms with Crippen LogP contribution in [0.15, 0.2) is 36.4 Å². The van der Waals surface area contributed by atoms with E-state index in [0.29, 0.717) is 17.9 Å². The Kier molecular flexibility index (Phi) is 6.14. The first-order valence-electron chi connectivity index (χ1n) is 10.5. The Morgan fingerprint density at radius 3 is 2.21 bits per heavy atom. The summed E-state index contributed by atoms with van der Waals surface area (Å²) in [7, 11) is 0. The van der Waals surface area contributed by atoms with E-state index in [-0.39, 0.29) is 33.8 Å². The molecule has 0 aliphatic carbocycles. The van der Waals surface area contributed by atoms with E-state index in [0.717, 1.165) is 6.07 Å². The number of carboxylic acids is 1. The van der Waals surface area contributed by atoms with Crippen molar-refractivity contribution in [2.24, 2.45) is 0 Å². The van der Waals surface area contributed by atoms with Gasteiger partial charge in [-0.2, -0.15) is 0 Å². The fourth-order valence-corrected chi connectivity index (χ4v) is 3.85. The minimum Gasteiger partial charge on any atom is -0.478 e. The predicted molar refractivity (Wildman–Crippen MR) is 120 cm³/mol. The third kappa shape index (κ3) is 4.14. The van der Waals surface area contributed by atoms with Gasteiger partial charge in [-0.15, -0.1) is 0 Å². The van der Waals surface area contributed by atoms with E-state index in [2.05, 4.69) is 15.3 Å². The molecule has 0 saturated carbocycles. The van der Waals surface area contributed by atoms with Crippen molar-refractivity contribution in [3.8, 4) is 22.3 Å². The molecule has 0 saturated heterocycles. The fourth-order valence-electron chi connectivity index (χ4n) is 3.85. The highest BCUT2D eigenvalue weighted by molar-refractivity contribution is 6.03. The second-order valence-electron chi connectivity index (χ2n) is 8.29. The lowest BCUT2D eigenvalue weighted by Crippen LogP contribution is -2.21. The van der Waals surface area contributed by atoms with Crippen molar-refractivity contribution < 1.29 is 27.5 Å². The molecular weight excluding hydrogens is 450 g/mol. The number of imidazole rings is 1. The molecule has 0 atom stereocenters. The number of aromatic nitrogens is 2. The summed E-state index contributed by atoms with van der Waals surface area (Å²) in [5.74, 6) is -7.40. The number of H-pyrrole nitrogens is 1. The first-order chi connectivity index (χ1) is 16.1. The molecule has 0 fully saturated rings. The number of rotatable bonds is 6. The maximum absolute atomic E-state index is 15.2. The van der Waals surface area contributed by atoms with Crippen LogP contribution < -0.4 is 5.32 Å². The number of aryl methyl sites for hydroxylation is 1. The first-order valence-corrected chi connectivity index (χ1v) is 10.5. The maximum Gasteiger partial charge on any atom is 0.337 e. The number of aromatic amines is 1. The molecule has 34 heavy (non-hydrogen) atoms. The molecule has 9 heteroatoms. The van der Waals surface area contributed by atoms with Crippen LogP contribution >= 0.6 is 0 Å². The molecule has 4 rings (SSSR count). The normalized spacial score (nSPS) is 11.5. The van der Waals surface area contributed by atoms with Crippen LogP contribution in [-0.2, 0) is 6.54 Å². The van der Waals surface area contributed by atoms with E-state index in [9.17, 15) is 9.90 Å². The number of hydrogen-bond acceptors (Lipinski definition) is 3. The van der Waals surface area contributed by atoms with Gasteiger partial charge in [0.1, 0.15) is 11.3 Å². The van der Waals surface area contributed by atoms with Gasteiger partial charge in [0.15, 0.2) is 23.3 Å². The first kappa shape index (κ1) is 23.4. The van der Waals surface area contributed by atoms with E-state index >= 15 is 17.6 Å². The Morgan fingerprint density at radius 2 is 1.62 bits per heavy atom. The molecule has 0 unspecified atom stereocenters. The highest BCUT2D eigenvalue weighted by Crippen LogP contribution is 2.38. The second kappa shape index (κ2) is 8.90. The summed E-state index contributed by atoms with van der Waals surface area (Å²) in [5.41, 5.74) is -1.61. The molecule has 1 aromatic heterocycles. The summed E-state index contributed by atoms with van der Waals surface area (Å²) in [5, 5.41) is 12.7. The molecule has 176 valence electrons. The molecule has 0 spiro atoms. The van der Waals surface area contributed by atoms with Crippen LogP contribution in [-0.4, -0.2) is 27.1 Å². The number of carbonyl (C=O) groups is 1. The molecule has 3 aromatic carbocycles. The zero-order chi connectivity index (χ0) is 24.7. The van der Waals surface area contributed by atoms with Crippen LogP contribution in [0, 0.1) is 30.2 Å². The summed E-state index contributed by atoms with van der Waals surface area (Å²) >= 11 is 0. The van der Waals surface area contributed by atoms with Crippen LogP contribution in [0.4, 0.5) is 17.6 Å². The van der Waals surface area contributed by atoms with E-state index in [1.165, 1.54) is 18.2 Å². The number of nitrogens with zero attached hydrogens (tertiary/aromatic N) is 1. The smallest absolute Gasteiger partial charge is 0.337 e. The van der Waals surface area contributed by atoms with Gasteiger partial charge < -0.3 is 15.4 Å². The van der Waals surface area contributed by atoms with Gasteiger partial charge in [-0.05, 0) is 41.8 Å². The van der Waals surface area contributed by atoms with E-state index in [1.807, 2.05) is 13.8 Å². The standard InChI is InChI=1S/C25H21F4N3O2/c1-11(2)30-10-13-5-4-6-14(7-13)18-20(26)22(28)19(23(29)21(18)27)15-8-16(25(33)34)24-17(9-15)31-12(3)32-24/h4-9,11,30H,10H2,1-3H3,(H,31,32)(H,33,34). The van der Waals surface area contributed by atoms with Crippen LogP contribution in [0.25, 0.3) is 33.3 Å². The molecule has 4 aromatic rings. The average molecular weight is 471 g/mol. The van der Waals surface area contributed by atoms with Crippen molar-refractivity contribution in [3.63, 3.8) is 0 Å². The van der Waals surface area contributed by atoms with Gasteiger partial charge in [0, 0.05) is 12.6 Å². The summed E-state index contributed by atoms with van der Waals surface area (Å²) in [6.07, 6.45) is 0. The number of benzene rings is 3. The number of nitrogens with one attached hydrogen (secondary N) is 2. The molecular formula is C25H21F4N3O2. The molecule has 0 radical (unpaired) electrons. The largest absolute Gasteiger partial charge is 0.478 e. The number of carboxylic acid groups (broad SMARTS) is 1. The van der Waals surface area contributed by atoms with Crippen LogP contribution in [0.2, 0.25) is 0 Å². The number of hydrogen-bond donors (Lipinski definition) is 3. The van der Waals surface area contributed by atoms with Crippen LogP contribution in [0.3, 0.4) is 0 Å². The Hall–Kier alpha value is -3.72. The quantitative estimate of drug-likeness (QED) is 0.240. The fraction of sp³-hybridized carbons (Fsp3) is 0.200. The summed E-state index contributed by atoms with van der Waals surface area (Å²) in [6, 6.07) is 8.41. The van der Waals surface area contributed by atoms with Crippen molar-refractivity contribution in [1.82, 2.24) is 15.3 Å². The second-order valence-corrected chi connectivity index (χ2v) is 8.29. The Morgan fingerprint density at radius 1 is 1.00 bits per heavy atom. The molecule has 0 bridgehead atoms. The van der Waals surface area contributed by atoms with Crippen molar-refractivity contribution >= 4 is 17.0 Å². The molecule has 1 heterocycles. The zero-order valence-corrected chi connectivity index (χ0v) is 18.6. The molecule has 0 aliphatic heterocycles. The monoisotopic (exact) mass is 471 g/mol. The van der Waals surface area contributed by atoms with Crippen molar-refractivity contribution in [3.05, 3.63) is 76.6 Å². The molecule has 3 N–H and O–H groups in total. The van der Waals surface area contributed by atoms with E-state index in [4.69, 9.17) is 0 Å². The molecule has 5 nitrogen and oxygen atoms in total. The third-order valence-electron chi connectivity index (χ3n) is 5.42. The van der Waals surface area contributed by atoms with Gasteiger partial charge in [0.05, 0.1) is 22.2 Å². The Bertz CT molecular complexity index is 1400. The van der Waals surface area contributed by atoms with Gasteiger partial charge in [0.25, 0.3) is 0 Å². The van der Waals surface area contributed by atoms with Gasteiger partial charge in [-0.3, -0.25) is 0 Å². The predicted octanol–water partition coefficient (Wildman–Crippen LogP) is 5.96. The molecule has 0 amide bonds. The minimum absolute atomic E-state index is 0.0201. The van der Waals surface area contributed by atoms with Crippen LogP contribution in [0.1, 0.15) is 35.6 Å². The minimum atomic E-state index is -1.62. The number of aromatic carboxylic acids is 1. The summed E-state index contributed by atoms with van der Waals surface area (Å²) in [6.45, 7) is 5.85.